The van der Waals surface area contributed by atoms with Gasteiger partial charge in [-0.15, -0.1) is 0 Å². The van der Waals surface area contributed by atoms with Crippen molar-refractivity contribution in [3.8, 4) is 0 Å². The fourth-order valence-electron chi connectivity index (χ4n) is 1.39. The average molecular weight is 242 g/mol. The van der Waals surface area contributed by atoms with Crippen LogP contribution in [0.2, 0.25) is 0 Å². The van der Waals surface area contributed by atoms with Crippen LogP contribution in [0.25, 0.3) is 0 Å². The van der Waals surface area contributed by atoms with Crippen molar-refractivity contribution < 1.29 is 18.6 Å². The molecule has 0 amide bonds. The second-order valence-corrected chi connectivity index (χ2v) is 4.75. The van der Waals surface area contributed by atoms with Crippen molar-refractivity contribution in [2.45, 2.75) is 12.8 Å². The maximum absolute atomic E-state index is 11.6. The minimum Gasteiger partial charge on any atom is -0.469 e. The van der Waals surface area contributed by atoms with Gasteiger partial charge in [0.25, 0.3) is 0 Å². The van der Waals surface area contributed by atoms with E-state index in [1.165, 1.54) is 14.2 Å². The van der Waals surface area contributed by atoms with Crippen LogP contribution in [0, 0.1) is 0 Å². The first-order chi connectivity index (χ1) is 7.69. The van der Waals surface area contributed by atoms with Crippen molar-refractivity contribution in [2.24, 2.45) is 0 Å². The van der Waals surface area contributed by atoms with Crippen LogP contribution in [-0.2, 0) is 25.0 Å². The molecule has 0 saturated carbocycles. The molecule has 0 aliphatic heterocycles. The quantitative estimate of drug-likeness (QED) is 0.580. The van der Waals surface area contributed by atoms with Crippen molar-refractivity contribution in [1.82, 2.24) is 0 Å². The predicted molar refractivity (Wildman–Crippen MR) is 62.4 cm³/mol. The molecule has 4 nitrogen and oxygen atoms in total. The summed E-state index contributed by atoms with van der Waals surface area (Å²) in [4.78, 5) is 11.0. The third-order valence-electron chi connectivity index (χ3n) is 2.25. The number of hydrogen-bond donors (Lipinski definition) is 0. The van der Waals surface area contributed by atoms with E-state index in [4.69, 9.17) is 4.52 Å². The first-order valence-electron chi connectivity index (χ1n) is 4.92. The zero-order valence-corrected chi connectivity index (χ0v) is 10.4. The standard InChI is InChI=1S/C11H15O4P/c1-14-11(12)8-7-9-5-3-4-6-10(9)16(13)15-2/h3-6,16H,7-8H2,1-2H3. The molecule has 88 valence electrons. The maximum atomic E-state index is 11.6. The number of ether oxygens (including phenoxy) is 1. The third-order valence-corrected chi connectivity index (χ3v) is 3.55. The van der Waals surface area contributed by atoms with Crippen molar-refractivity contribution in [3.63, 3.8) is 0 Å². The van der Waals surface area contributed by atoms with Crippen LogP contribution in [-0.4, -0.2) is 20.2 Å². The average Bonchev–Trinajstić information content (AvgIpc) is 2.35. The molecule has 1 atom stereocenters. The number of carbonyl (C=O) groups is 1. The molecule has 0 aliphatic carbocycles. The fourth-order valence-corrected chi connectivity index (χ4v) is 2.31. The molecule has 0 N–H and O–H groups in total. The number of rotatable bonds is 5. The molecular formula is C11H15O4P. The molecule has 0 heterocycles. The van der Waals surface area contributed by atoms with Gasteiger partial charge in [-0.2, -0.15) is 0 Å². The highest BCUT2D eigenvalue weighted by Gasteiger charge is 2.09. The van der Waals surface area contributed by atoms with Gasteiger partial charge in [0.05, 0.1) is 7.11 Å². The Balaban J connectivity index is 2.79. The van der Waals surface area contributed by atoms with E-state index in [-0.39, 0.29) is 12.4 Å². The first-order valence-corrected chi connectivity index (χ1v) is 6.23. The summed E-state index contributed by atoms with van der Waals surface area (Å²) >= 11 is 0. The zero-order valence-electron chi connectivity index (χ0n) is 9.36. The molecular weight excluding hydrogens is 227 g/mol. The largest absolute Gasteiger partial charge is 0.469 e. The maximum Gasteiger partial charge on any atom is 0.305 e. The molecule has 0 saturated heterocycles. The van der Waals surface area contributed by atoms with Crippen LogP contribution < -0.4 is 5.30 Å². The predicted octanol–water partition coefficient (Wildman–Crippen LogP) is 1.54. The van der Waals surface area contributed by atoms with E-state index < -0.39 is 8.03 Å². The van der Waals surface area contributed by atoms with Crippen LogP contribution in [0.1, 0.15) is 12.0 Å². The van der Waals surface area contributed by atoms with Crippen LogP contribution in [0.15, 0.2) is 24.3 Å². The lowest BCUT2D eigenvalue weighted by Gasteiger charge is -2.07. The van der Waals surface area contributed by atoms with Crippen LogP contribution in [0.3, 0.4) is 0 Å². The lowest BCUT2D eigenvalue weighted by Crippen LogP contribution is -2.09. The normalized spacial score (nSPS) is 12.1. The van der Waals surface area contributed by atoms with E-state index in [0.717, 1.165) is 5.56 Å². The molecule has 1 rings (SSSR count). The number of esters is 1. The van der Waals surface area contributed by atoms with Gasteiger partial charge in [0.1, 0.15) is 0 Å². The fraction of sp³-hybridized carbons (Fsp3) is 0.364. The Hall–Kier alpha value is -1.12. The number of aryl methyl sites for hydroxylation is 1. The third kappa shape index (κ3) is 3.47. The number of benzene rings is 1. The minimum atomic E-state index is -2.19. The van der Waals surface area contributed by atoms with Crippen molar-refractivity contribution in [1.29, 1.82) is 0 Å². The number of hydrogen-bond acceptors (Lipinski definition) is 4. The summed E-state index contributed by atoms with van der Waals surface area (Å²) in [5.74, 6) is -0.271. The zero-order chi connectivity index (χ0) is 12.0. The Morgan fingerprint density at radius 2 is 2.00 bits per heavy atom. The van der Waals surface area contributed by atoms with Gasteiger partial charge in [0, 0.05) is 18.8 Å². The highest BCUT2D eigenvalue weighted by atomic mass is 31.1. The number of methoxy groups -OCH3 is 1. The summed E-state index contributed by atoms with van der Waals surface area (Å²) in [6.07, 6.45) is 0.801. The molecule has 0 aliphatic rings. The first kappa shape index (κ1) is 12.9. The topological polar surface area (TPSA) is 52.6 Å². The molecule has 0 fully saturated rings. The summed E-state index contributed by atoms with van der Waals surface area (Å²) in [5, 5.41) is 0.680. The van der Waals surface area contributed by atoms with E-state index in [1.807, 2.05) is 12.1 Å². The molecule has 0 aromatic heterocycles. The molecule has 5 heteroatoms. The second kappa shape index (κ2) is 6.46. The van der Waals surface area contributed by atoms with Crippen LogP contribution in [0.5, 0.6) is 0 Å². The molecule has 0 bridgehead atoms. The second-order valence-electron chi connectivity index (χ2n) is 3.22. The molecule has 1 aromatic rings. The van der Waals surface area contributed by atoms with E-state index in [0.29, 0.717) is 11.7 Å². The highest BCUT2D eigenvalue weighted by molar-refractivity contribution is 7.48. The summed E-state index contributed by atoms with van der Waals surface area (Å²) in [5.41, 5.74) is 0.874. The smallest absolute Gasteiger partial charge is 0.305 e. The van der Waals surface area contributed by atoms with Gasteiger partial charge in [-0.25, -0.2) is 0 Å². The van der Waals surface area contributed by atoms with E-state index in [2.05, 4.69) is 4.74 Å². The van der Waals surface area contributed by atoms with Gasteiger partial charge in [-0.1, -0.05) is 18.2 Å². The molecule has 0 radical (unpaired) electrons. The molecule has 1 unspecified atom stereocenters. The van der Waals surface area contributed by atoms with Crippen LogP contribution >= 0.6 is 8.03 Å². The van der Waals surface area contributed by atoms with Gasteiger partial charge in [-0.3, -0.25) is 9.36 Å². The molecule has 1 aromatic carbocycles. The minimum absolute atomic E-state index is 0.271. The monoisotopic (exact) mass is 242 g/mol. The summed E-state index contributed by atoms with van der Waals surface area (Å²) < 4.78 is 21.0. The number of carbonyl (C=O) groups excluding carboxylic acids is 1. The van der Waals surface area contributed by atoms with Gasteiger partial charge in [-0.05, 0) is 18.1 Å². The Labute approximate surface area is 95.4 Å². The van der Waals surface area contributed by atoms with Crippen molar-refractivity contribution >= 4 is 19.3 Å². The van der Waals surface area contributed by atoms with E-state index in [1.54, 1.807) is 12.1 Å². The van der Waals surface area contributed by atoms with E-state index in [9.17, 15) is 9.36 Å². The highest BCUT2D eigenvalue weighted by Crippen LogP contribution is 2.22. The Bertz CT molecular complexity index is 389. The Morgan fingerprint density at radius 3 is 2.62 bits per heavy atom. The van der Waals surface area contributed by atoms with Crippen molar-refractivity contribution in [3.05, 3.63) is 29.8 Å². The van der Waals surface area contributed by atoms with Gasteiger partial charge in [0.15, 0.2) is 0 Å². The lowest BCUT2D eigenvalue weighted by molar-refractivity contribution is -0.140. The van der Waals surface area contributed by atoms with Gasteiger partial charge in [0.2, 0.25) is 8.03 Å². The van der Waals surface area contributed by atoms with E-state index >= 15 is 0 Å². The summed E-state index contributed by atoms with van der Waals surface area (Å²) in [6.45, 7) is 0. The Kier molecular flexibility index (Phi) is 5.23. The van der Waals surface area contributed by atoms with Gasteiger partial charge >= 0.3 is 5.97 Å². The van der Waals surface area contributed by atoms with Gasteiger partial charge < -0.3 is 9.26 Å². The SMILES string of the molecule is COC(=O)CCc1ccccc1[PH](=O)OC. The molecule has 16 heavy (non-hydrogen) atoms. The summed E-state index contributed by atoms with van der Waals surface area (Å²) in [6, 6.07) is 7.26. The Morgan fingerprint density at radius 1 is 1.31 bits per heavy atom. The van der Waals surface area contributed by atoms with Crippen molar-refractivity contribution in [2.75, 3.05) is 14.2 Å². The lowest BCUT2D eigenvalue weighted by atomic mass is 10.1. The molecule has 0 spiro atoms. The summed E-state index contributed by atoms with van der Waals surface area (Å²) in [7, 11) is 0.576. The van der Waals surface area contributed by atoms with Crippen LogP contribution in [0.4, 0.5) is 0 Å².